The molecule has 10 heteroatoms. The lowest BCUT2D eigenvalue weighted by molar-refractivity contribution is 0.0932. The van der Waals surface area contributed by atoms with E-state index in [1.165, 1.54) is 0 Å². The molecule has 2 aromatic heterocycles. The van der Waals surface area contributed by atoms with Crippen molar-refractivity contribution in [1.82, 2.24) is 19.9 Å². The molecule has 4 aromatic rings. The summed E-state index contributed by atoms with van der Waals surface area (Å²) in [7, 11) is 0. The maximum Gasteiger partial charge on any atom is 0.255 e. The Morgan fingerprint density at radius 1 is 1.09 bits per heavy atom. The Morgan fingerprint density at radius 2 is 1.94 bits per heavy atom. The van der Waals surface area contributed by atoms with E-state index in [-0.39, 0.29) is 12.5 Å². The van der Waals surface area contributed by atoms with Crippen LogP contribution in [-0.2, 0) is 11.3 Å². The van der Waals surface area contributed by atoms with E-state index in [0.717, 1.165) is 22.5 Å². The van der Waals surface area contributed by atoms with Gasteiger partial charge in [-0.3, -0.25) is 4.79 Å². The van der Waals surface area contributed by atoms with Crippen molar-refractivity contribution in [2.45, 2.75) is 6.54 Å². The standard InChI is InChI=1S/C24H21Cl2N5O3/c25-17-9-15(10-18(26)12-17)13-28-24(32)19-2-1-16-11-21(19)34-8-7-33-6-4-27-22-3-5-31-23(30-22)20(16)14-29-31/h1-3,5,9-12,14H,4,6-8,13H2,(H,27,30)(H,28,32). The van der Waals surface area contributed by atoms with E-state index >= 15 is 0 Å². The molecule has 3 heterocycles. The van der Waals surface area contributed by atoms with Crippen molar-refractivity contribution in [2.75, 3.05) is 31.7 Å². The number of carbonyl (C=O) groups excluding carboxylic acids is 1. The SMILES string of the molecule is O=C(NCc1cc(Cl)cc(Cl)c1)c1ccc2cc1OCCOCCNc1ccn3ncc-2c3n1. The topological polar surface area (TPSA) is 89.8 Å². The van der Waals surface area contributed by atoms with Crippen LogP contribution in [-0.4, -0.2) is 46.9 Å². The van der Waals surface area contributed by atoms with Gasteiger partial charge in [0.25, 0.3) is 5.91 Å². The molecule has 0 radical (unpaired) electrons. The van der Waals surface area contributed by atoms with Crippen molar-refractivity contribution in [3.8, 4) is 16.9 Å². The van der Waals surface area contributed by atoms with Crippen LogP contribution in [0.4, 0.5) is 5.82 Å². The van der Waals surface area contributed by atoms with Crippen LogP contribution >= 0.6 is 23.2 Å². The molecule has 0 aliphatic carbocycles. The molecule has 8 nitrogen and oxygen atoms in total. The van der Waals surface area contributed by atoms with Gasteiger partial charge in [0.15, 0.2) is 5.65 Å². The second-order valence-corrected chi connectivity index (χ2v) is 8.57. The zero-order valence-corrected chi connectivity index (χ0v) is 19.6. The van der Waals surface area contributed by atoms with Crippen LogP contribution in [0.2, 0.25) is 10.0 Å². The van der Waals surface area contributed by atoms with Crippen molar-refractivity contribution in [3.05, 3.63) is 76.0 Å². The summed E-state index contributed by atoms with van der Waals surface area (Å²) >= 11 is 12.1. The molecule has 174 valence electrons. The Bertz CT molecular complexity index is 1340. The van der Waals surface area contributed by atoms with E-state index in [2.05, 4.69) is 20.7 Å². The fourth-order valence-corrected chi connectivity index (χ4v) is 4.29. The number of anilines is 1. The van der Waals surface area contributed by atoms with Gasteiger partial charge in [0.2, 0.25) is 0 Å². The smallest absolute Gasteiger partial charge is 0.255 e. The minimum atomic E-state index is -0.274. The third kappa shape index (κ3) is 4.94. The molecule has 0 saturated carbocycles. The Kier molecular flexibility index (Phi) is 6.53. The first kappa shape index (κ1) is 22.5. The van der Waals surface area contributed by atoms with Crippen LogP contribution in [0.1, 0.15) is 15.9 Å². The lowest BCUT2D eigenvalue weighted by Gasteiger charge is -2.15. The molecule has 1 amide bonds. The molecule has 0 fully saturated rings. The minimum absolute atomic E-state index is 0.274. The third-order valence-corrected chi connectivity index (χ3v) is 5.76. The Balaban J connectivity index is 1.46. The summed E-state index contributed by atoms with van der Waals surface area (Å²) in [6, 6.07) is 12.5. The second-order valence-electron chi connectivity index (χ2n) is 7.70. The number of nitrogens with zero attached hydrogens (tertiary/aromatic N) is 3. The van der Waals surface area contributed by atoms with Gasteiger partial charge >= 0.3 is 0 Å². The first-order chi connectivity index (χ1) is 16.6. The molecule has 2 aromatic carbocycles. The lowest BCUT2D eigenvalue weighted by Crippen LogP contribution is -2.24. The number of amides is 1. The van der Waals surface area contributed by atoms with Crippen molar-refractivity contribution in [3.63, 3.8) is 0 Å². The zero-order chi connectivity index (χ0) is 23.5. The Labute approximate surface area is 205 Å². The van der Waals surface area contributed by atoms with Gasteiger partial charge in [-0.2, -0.15) is 5.10 Å². The highest BCUT2D eigenvalue weighted by atomic mass is 35.5. The first-order valence-electron chi connectivity index (χ1n) is 10.7. The molecular weight excluding hydrogens is 477 g/mol. The maximum atomic E-state index is 13.0. The molecular formula is C24H21Cl2N5O3. The quantitative estimate of drug-likeness (QED) is 0.434. The van der Waals surface area contributed by atoms with Gasteiger partial charge in [-0.1, -0.05) is 29.3 Å². The molecule has 0 atom stereocenters. The molecule has 0 unspecified atom stereocenters. The molecule has 0 spiro atoms. The Hall–Kier alpha value is -3.33. The number of rotatable bonds is 3. The summed E-state index contributed by atoms with van der Waals surface area (Å²) in [6.45, 7) is 2.08. The summed E-state index contributed by atoms with van der Waals surface area (Å²) < 4.78 is 13.3. The largest absolute Gasteiger partial charge is 0.490 e. The van der Waals surface area contributed by atoms with Gasteiger partial charge in [-0.05, 0) is 47.5 Å². The Morgan fingerprint density at radius 3 is 2.79 bits per heavy atom. The molecule has 34 heavy (non-hydrogen) atoms. The van der Waals surface area contributed by atoms with Crippen LogP contribution in [0.25, 0.3) is 16.8 Å². The van der Waals surface area contributed by atoms with E-state index < -0.39 is 0 Å². The number of hydrogen-bond donors (Lipinski definition) is 2. The number of halogens is 2. The average Bonchev–Trinajstić information content (AvgIpc) is 3.24. The van der Waals surface area contributed by atoms with Crippen molar-refractivity contribution in [1.29, 1.82) is 0 Å². The number of aromatic nitrogens is 3. The summed E-state index contributed by atoms with van der Waals surface area (Å²) in [5, 5.41) is 11.6. The normalized spacial score (nSPS) is 13.7. The van der Waals surface area contributed by atoms with Crippen LogP contribution in [0.15, 0.2) is 54.9 Å². The summed E-state index contributed by atoms with van der Waals surface area (Å²) in [5.74, 6) is 0.918. The highest BCUT2D eigenvalue weighted by Crippen LogP contribution is 2.30. The molecule has 1 aliphatic heterocycles. The van der Waals surface area contributed by atoms with Gasteiger partial charge in [-0.15, -0.1) is 0 Å². The monoisotopic (exact) mass is 497 g/mol. The van der Waals surface area contributed by atoms with Crippen molar-refractivity contribution >= 4 is 40.6 Å². The van der Waals surface area contributed by atoms with Crippen molar-refractivity contribution in [2.24, 2.45) is 0 Å². The average molecular weight is 498 g/mol. The van der Waals surface area contributed by atoms with Gasteiger partial charge in [0, 0.05) is 34.9 Å². The van der Waals surface area contributed by atoms with Gasteiger partial charge in [0.05, 0.1) is 25.0 Å². The molecule has 2 N–H and O–H groups in total. The third-order valence-electron chi connectivity index (χ3n) is 5.32. The van der Waals surface area contributed by atoms with E-state index in [9.17, 15) is 4.79 Å². The van der Waals surface area contributed by atoms with Crippen LogP contribution in [0.5, 0.6) is 5.75 Å². The van der Waals surface area contributed by atoms with E-state index in [1.54, 1.807) is 35.0 Å². The number of fused-ring (bicyclic) bond motifs is 4. The van der Waals surface area contributed by atoms with Gasteiger partial charge in [-0.25, -0.2) is 9.50 Å². The predicted molar refractivity (Wildman–Crippen MR) is 131 cm³/mol. The fourth-order valence-electron chi connectivity index (χ4n) is 3.72. The number of hydrogen-bond acceptors (Lipinski definition) is 6. The van der Waals surface area contributed by atoms with E-state index in [0.29, 0.717) is 53.4 Å². The van der Waals surface area contributed by atoms with E-state index in [1.807, 2.05) is 24.4 Å². The molecule has 1 aliphatic rings. The van der Waals surface area contributed by atoms with Gasteiger partial charge < -0.3 is 20.1 Å². The summed E-state index contributed by atoms with van der Waals surface area (Å²) in [5.41, 5.74) is 3.59. The number of ether oxygens (including phenoxy) is 2. The maximum absolute atomic E-state index is 13.0. The minimum Gasteiger partial charge on any atom is -0.490 e. The van der Waals surface area contributed by atoms with Crippen LogP contribution in [0.3, 0.4) is 0 Å². The molecule has 5 rings (SSSR count). The number of nitrogens with one attached hydrogen (secondary N) is 2. The van der Waals surface area contributed by atoms with E-state index in [4.69, 9.17) is 32.7 Å². The molecule has 0 saturated heterocycles. The number of benzene rings is 2. The highest BCUT2D eigenvalue weighted by Gasteiger charge is 2.17. The number of carbonyl (C=O) groups is 1. The first-order valence-corrected chi connectivity index (χ1v) is 11.5. The zero-order valence-electron chi connectivity index (χ0n) is 18.1. The van der Waals surface area contributed by atoms with Crippen LogP contribution in [0, 0.1) is 0 Å². The fraction of sp³-hybridized carbons (Fsp3) is 0.208. The lowest BCUT2D eigenvalue weighted by atomic mass is 10.0. The summed E-state index contributed by atoms with van der Waals surface area (Å²) in [4.78, 5) is 17.7. The predicted octanol–water partition coefficient (Wildman–Crippen LogP) is 4.45. The second kappa shape index (κ2) is 9.89. The van der Waals surface area contributed by atoms with Gasteiger partial charge in [0.1, 0.15) is 18.2 Å². The highest BCUT2D eigenvalue weighted by molar-refractivity contribution is 6.34. The van der Waals surface area contributed by atoms with Crippen molar-refractivity contribution < 1.29 is 14.3 Å². The van der Waals surface area contributed by atoms with Crippen LogP contribution < -0.4 is 15.4 Å². The summed E-state index contributed by atoms with van der Waals surface area (Å²) in [6.07, 6.45) is 3.60. The molecule has 4 bridgehead atoms.